The van der Waals surface area contributed by atoms with Crippen LogP contribution >= 0.6 is 27.7 Å². The van der Waals surface area contributed by atoms with E-state index in [1.165, 1.54) is 11.8 Å². The molecule has 2 aromatic carbocycles. The highest BCUT2D eigenvalue weighted by Crippen LogP contribution is 2.31. The molecule has 1 N–H and O–H groups in total. The molecule has 8 heteroatoms. The minimum atomic E-state index is -0.347. The van der Waals surface area contributed by atoms with E-state index in [2.05, 4.69) is 30.8 Å². The predicted octanol–water partition coefficient (Wildman–Crippen LogP) is 5.92. The fourth-order valence-corrected chi connectivity index (χ4v) is 4.67. The number of halogens is 1. The van der Waals surface area contributed by atoms with E-state index < -0.39 is 0 Å². The Morgan fingerprint density at radius 2 is 1.94 bits per heavy atom. The maximum Gasteiger partial charge on any atom is 0.338 e. The predicted molar refractivity (Wildman–Crippen MR) is 136 cm³/mol. The number of aliphatic imine (C=N–C) groups is 1. The molecule has 0 radical (unpaired) electrons. The van der Waals surface area contributed by atoms with Crippen molar-refractivity contribution in [2.24, 2.45) is 4.99 Å². The van der Waals surface area contributed by atoms with Crippen LogP contribution in [-0.2, 0) is 9.53 Å². The first-order valence-corrected chi connectivity index (χ1v) is 12.0. The van der Waals surface area contributed by atoms with Gasteiger partial charge in [0.1, 0.15) is 0 Å². The summed E-state index contributed by atoms with van der Waals surface area (Å²) in [5.41, 5.74) is 5.02. The molecule has 0 spiro atoms. The zero-order valence-electron chi connectivity index (χ0n) is 18.4. The normalized spacial score (nSPS) is 15.8. The lowest BCUT2D eigenvalue weighted by Gasteiger charge is -2.11. The molecule has 0 bridgehead atoms. The highest BCUT2D eigenvalue weighted by Gasteiger charge is 2.24. The van der Waals surface area contributed by atoms with Crippen LogP contribution in [0.1, 0.15) is 34.2 Å². The van der Waals surface area contributed by atoms with Gasteiger partial charge < -0.3 is 14.6 Å². The zero-order chi connectivity index (χ0) is 23.5. The van der Waals surface area contributed by atoms with Gasteiger partial charge in [0.2, 0.25) is 0 Å². The van der Waals surface area contributed by atoms with E-state index in [-0.39, 0.29) is 11.9 Å². The van der Waals surface area contributed by atoms with Crippen LogP contribution in [0.5, 0.6) is 0 Å². The fourth-order valence-electron chi connectivity index (χ4n) is 3.57. The summed E-state index contributed by atoms with van der Waals surface area (Å²) in [5.74, 6) is -0.522. The van der Waals surface area contributed by atoms with Gasteiger partial charge in [0.05, 0.1) is 22.8 Å². The number of aromatic nitrogens is 1. The standard InChI is InChI=1S/C25H22BrN3O3S/c1-4-32-24(31)17-6-5-7-21(13-17)29-15(2)12-18(16(29)3)14-22-23(30)28-25(33-22)27-20-10-8-19(26)9-11-20/h5-14H,4H2,1-3H3,(H,27,28,30)/b22-14-. The Morgan fingerprint density at radius 3 is 2.67 bits per heavy atom. The number of hydrogen-bond acceptors (Lipinski definition) is 5. The zero-order valence-corrected chi connectivity index (χ0v) is 20.8. The van der Waals surface area contributed by atoms with Gasteiger partial charge in [0, 0.05) is 21.5 Å². The Bertz CT molecular complexity index is 1290. The molecule has 0 atom stereocenters. The van der Waals surface area contributed by atoms with Gasteiger partial charge in [-0.05, 0) is 92.7 Å². The van der Waals surface area contributed by atoms with Gasteiger partial charge in [-0.25, -0.2) is 9.79 Å². The fraction of sp³-hybridized carbons (Fsp3) is 0.160. The second-order valence-corrected chi connectivity index (χ2v) is 9.34. The largest absolute Gasteiger partial charge is 0.462 e. The molecule has 168 valence electrons. The minimum Gasteiger partial charge on any atom is -0.462 e. The Hall–Kier alpha value is -3.10. The van der Waals surface area contributed by atoms with Crippen molar-refractivity contribution < 1.29 is 14.3 Å². The average molecular weight is 524 g/mol. The molecule has 0 unspecified atom stereocenters. The van der Waals surface area contributed by atoms with E-state index in [0.717, 1.165) is 32.8 Å². The Labute approximate surface area is 204 Å². The molecule has 4 rings (SSSR count). The van der Waals surface area contributed by atoms with Crippen molar-refractivity contribution in [3.63, 3.8) is 0 Å². The lowest BCUT2D eigenvalue weighted by Crippen LogP contribution is -2.19. The number of hydrogen-bond donors (Lipinski definition) is 1. The summed E-state index contributed by atoms with van der Waals surface area (Å²) >= 11 is 4.72. The lowest BCUT2D eigenvalue weighted by molar-refractivity contribution is -0.115. The molecule has 1 amide bonds. The first-order valence-electron chi connectivity index (χ1n) is 10.4. The third kappa shape index (κ3) is 5.12. The molecule has 1 aromatic heterocycles. The molecule has 1 aliphatic heterocycles. The van der Waals surface area contributed by atoms with Crippen molar-refractivity contribution in [3.8, 4) is 5.69 Å². The molecule has 1 saturated heterocycles. The monoisotopic (exact) mass is 523 g/mol. The second kappa shape index (κ2) is 9.80. The van der Waals surface area contributed by atoms with E-state index in [9.17, 15) is 9.59 Å². The first kappa shape index (κ1) is 23.1. The van der Waals surface area contributed by atoms with Crippen LogP contribution in [0.2, 0.25) is 0 Å². The minimum absolute atomic E-state index is 0.176. The van der Waals surface area contributed by atoms with Crippen LogP contribution in [0.4, 0.5) is 5.69 Å². The second-order valence-electron chi connectivity index (χ2n) is 7.39. The van der Waals surface area contributed by atoms with E-state index in [1.807, 2.05) is 68.5 Å². The van der Waals surface area contributed by atoms with Crippen molar-refractivity contribution in [3.05, 3.63) is 86.5 Å². The molecule has 1 aliphatic rings. The molecule has 6 nitrogen and oxygen atoms in total. The van der Waals surface area contributed by atoms with Gasteiger partial charge in [-0.2, -0.15) is 0 Å². The summed E-state index contributed by atoms with van der Waals surface area (Å²) in [6, 6.07) is 16.9. The number of nitrogens with one attached hydrogen (secondary N) is 1. The molecule has 0 saturated carbocycles. The van der Waals surface area contributed by atoms with Crippen LogP contribution in [0.3, 0.4) is 0 Å². The van der Waals surface area contributed by atoms with E-state index in [4.69, 9.17) is 4.74 Å². The quantitative estimate of drug-likeness (QED) is 0.332. The number of amides is 1. The van der Waals surface area contributed by atoms with Crippen LogP contribution in [0, 0.1) is 13.8 Å². The third-order valence-corrected chi connectivity index (χ3v) is 6.52. The molecular weight excluding hydrogens is 502 g/mol. The molecule has 3 aromatic rings. The number of carbonyl (C=O) groups excluding carboxylic acids is 2. The molecular formula is C25H22BrN3O3S. The number of nitrogens with zero attached hydrogens (tertiary/aromatic N) is 2. The van der Waals surface area contributed by atoms with Crippen molar-refractivity contribution in [1.29, 1.82) is 0 Å². The number of carbonyl (C=O) groups is 2. The van der Waals surface area contributed by atoms with Crippen LogP contribution < -0.4 is 5.32 Å². The van der Waals surface area contributed by atoms with Crippen LogP contribution in [0.25, 0.3) is 11.8 Å². The highest BCUT2D eigenvalue weighted by molar-refractivity contribution is 9.10. The summed E-state index contributed by atoms with van der Waals surface area (Å²) in [6.07, 6.45) is 1.87. The Balaban J connectivity index is 1.62. The smallest absolute Gasteiger partial charge is 0.338 e. The van der Waals surface area contributed by atoms with Gasteiger partial charge >= 0.3 is 5.97 Å². The highest BCUT2D eigenvalue weighted by atomic mass is 79.9. The van der Waals surface area contributed by atoms with Gasteiger partial charge in [0.15, 0.2) is 5.17 Å². The maximum absolute atomic E-state index is 12.5. The number of ether oxygens (including phenoxy) is 1. The lowest BCUT2D eigenvalue weighted by atomic mass is 10.2. The number of aryl methyl sites for hydroxylation is 1. The van der Waals surface area contributed by atoms with Crippen molar-refractivity contribution in [2.75, 3.05) is 6.61 Å². The molecule has 0 aliphatic carbocycles. The van der Waals surface area contributed by atoms with Crippen LogP contribution in [-0.4, -0.2) is 28.2 Å². The third-order valence-electron chi connectivity index (χ3n) is 5.08. The summed E-state index contributed by atoms with van der Waals surface area (Å²) in [6.45, 7) is 6.10. The summed E-state index contributed by atoms with van der Waals surface area (Å²) in [5, 5.41) is 3.37. The van der Waals surface area contributed by atoms with Gasteiger partial charge in [0.25, 0.3) is 5.91 Å². The topological polar surface area (TPSA) is 72.7 Å². The Kier molecular flexibility index (Phi) is 6.85. The number of amidine groups is 1. The number of rotatable bonds is 5. The number of benzene rings is 2. The summed E-state index contributed by atoms with van der Waals surface area (Å²) in [7, 11) is 0. The van der Waals surface area contributed by atoms with Crippen molar-refractivity contribution in [1.82, 2.24) is 9.88 Å². The maximum atomic E-state index is 12.5. The van der Waals surface area contributed by atoms with E-state index in [0.29, 0.717) is 22.2 Å². The van der Waals surface area contributed by atoms with E-state index >= 15 is 0 Å². The van der Waals surface area contributed by atoms with Crippen molar-refractivity contribution in [2.45, 2.75) is 20.8 Å². The summed E-state index contributed by atoms with van der Waals surface area (Å²) in [4.78, 5) is 29.8. The van der Waals surface area contributed by atoms with Crippen molar-refractivity contribution >= 4 is 56.5 Å². The first-order chi connectivity index (χ1) is 15.9. The van der Waals surface area contributed by atoms with Crippen LogP contribution in [0.15, 0.2) is 69.0 Å². The molecule has 2 heterocycles. The average Bonchev–Trinajstić information content (AvgIpc) is 3.27. The molecule has 33 heavy (non-hydrogen) atoms. The summed E-state index contributed by atoms with van der Waals surface area (Å²) < 4.78 is 8.15. The van der Waals surface area contributed by atoms with Gasteiger partial charge in [-0.1, -0.05) is 22.0 Å². The molecule has 1 fully saturated rings. The number of esters is 1. The van der Waals surface area contributed by atoms with Gasteiger partial charge in [-0.3, -0.25) is 4.79 Å². The SMILES string of the molecule is CCOC(=O)c1cccc(-n2c(C)cc(/C=C3\SC(=Nc4ccc(Br)cc4)NC3=O)c2C)c1. The van der Waals surface area contributed by atoms with Gasteiger partial charge in [-0.15, -0.1) is 0 Å². The number of thioether (sulfide) groups is 1. The Morgan fingerprint density at radius 1 is 1.18 bits per heavy atom. The van der Waals surface area contributed by atoms with E-state index in [1.54, 1.807) is 13.0 Å².